The first-order chi connectivity index (χ1) is 15.4. The second kappa shape index (κ2) is 9.33. The number of pyridine rings is 1. The normalized spacial score (nSPS) is 14.1. The van der Waals surface area contributed by atoms with Crippen LogP contribution in [0.3, 0.4) is 0 Å². The van der Waals surface area contributed by atoms with Crippen LogP contribution in [-0.4, -0.2) is 37.3 Å². The molecule has 0 aromatic carbocycles. The number of aryl methyl sites for hydroxylation is 2. The van der Waals surface area contributed by atoms with Crippen molar-refractivity contribution in [2.75, 3.05) is 0 Å². The van der Waals surface area contributed by atoms with E-state index in [0.29, 0.717) is 30.9 Å². The zero-order chi connectivity index (χ0) is 22.7. The first-order valence-corrected chi connectivity index (χ1v) is 10.9. The first kappa shape index (κ1) is 21.7. The van der Waals surface area contributed by atoms with E-state index in [4.69, 9.17) is 10.5 Å². The van der Waals surface area contributed by atoms with Crippen LogP contribution in [0.15, 0.2) is 24.7 Å². The summed E-state index contributed by atoms with van der Waals surface area (Å²) >= 11 is 0. The van der Waals surface area contributed by atoms with E-state index in [1.807, 2.05) is 26.0 Å². The molecular weight excluding hydrogens is 408 g/mol. The number of nitrogens with one attached hydrogen (secondary N) is 1. The van der Waals surface area contributed by atoms with E-state index in [9.17, 15) is 9.59 Å². The van der Waals surface area contributed by atoms with E-state index in [0.717, 1.165) is 35.4 Å². The molecule has 3 aromatic rings. The summed E-state index contributed by atoms with van der Waals surface area (Å²) in [5.74, 6) is -0.0768. The van der Waals surface area contributed by atoms with Crippen LogP contribution >= 0.6 is 0 Å². The van der Waals surface area contributed by atoms with Crippen LogP contribution in [0.2, 0.25) is 0 Å². The molecule has 0 atom stereocenters. The molecule has 1 fully saturated rings. The van der Waals surface area contributed by atoms with Gasteiger partial charge in [-0.2, -0.15) is 0 Å². The molecule has 9 nitrogen and oxygen atoms in total. The maximum Gasteiger partial charge on any atom is 0.271 e. The number of ether oxygens (including phenoxy) is 1. The number of rotatable bonds is 8. The number of hydrogen-bond acceptors (Lipinski definition) is 6. The number of hydrogen-bond donors (Lipinski definition) is 2. The van der Waals surface area contributed by atoms with Crippen molar-refractivity contribution in [2.45, 2.75) is 65.0 Å². The minimum Gasteiger partial charge on any atom is -0.474 e. The molecule has 3 aromatic heterocycles. The third kappa shape index (κ3) is 4.56. The summed E-state index contributed by atoms with van der Waals surface area (Å²) in [7, 11) is 0. The van der Waals surface area contributed by atoms with Crippen molar-refractivity contribution in [3.8, 4) is 5.88 Å². The average Bonchev–Trinajstić information content (AvgIpc) is 3.43. The Morgan fingerprint density at radius 2 is 2.03 bits per heavy atom. The summed E-state index contributed by atoms with van der Waals surface area (Å²) < 4.78 is 7.79. The molecule has 0 bridgehead atoms. The van der Waals surface area contributed by atoms with Gasteiger partial charge < -0.3 is 15.8 Å². The standard InChI is InChI=1S/C23H28N6O3/c1-14-18(15(2)29-13-27-20(21(24)31)22(29)28-14)9-10-19(30)26-12-16-6-5-11-25-23(16)32-17-7-3-4-8-17/h5-6,11,13,17H,3-4,7-10,12H2,1-2H3,(H2,24,31)(H,26,30). The van der Waals surface area contributed by atoms with E-state index in [1.165, 1.54) is 19.2 Å². The molecule has 1 saturated carbocycles. The Morgan fingerprint density at radius 1 is 1.25 bits per heavy atom. The molecule has 0 saturated heterocycles. The molecule has 32 heavy (non-hydrogen) atoms. The van der Waals surface area contributed by atoms with E-state index < -0.39 is 5.91 Å². The number of nitrogens with two attached hydrogens (primary N) is 1. The number of carbonyl (C=O) groups is 2. The molecule has 9 heteroatoms. The molecule has 3 heterocycles. The first-order valence-electron chi connectivity index (χ1n) is 10.9. The lowest BCUT2D eigenvalue weighted by atomic mass is 10.1. The van der Waals surface area contributed by atoms with Crippen LogP contribution in [0.5, 0.6) is 5.88 Å². The number of carbonyl (C=O) groups excluding carboxylic acids is 2. The number of fused-ring (bicyclic) bond motifs is 1. The monoisotopic (exact) mass is 436 g/mol. The maximum atomic E-state index is 12.6. The fraction of sp³-hybridized carbons (Fsp3) is 0.435. The molecule has 168 valence electrons. The number of primary amides is 1. The van der Waals surface area contributed by atoms with E-state index >= 15 is 0 Å². The van der Waals surface area contributed by atoms with Gasteiger partial charge in [0.1, 0.15) is 12.4 Å². The van der Waals surface area contributed by atoms with Crippen molar-refractivity contribution in [1.29, 1.82) is 0 Å². The van der Waals surface area contributed by atoms with E-state index in [1.54, 1.807) is 10.6 Å². The van der Waals surface area contributed by atoms with Crippen LogP contribution in [0.25, 0.3) is 5.65 Å². The third-order valence-corrected chi connectivity index (χ3v) is 5.99. The summed E-state index contributed by atoms with van der Waals surface area (Å²) in [5.41, 5.74) is 9.43. The zero-order valence-electron chi connectivity index (χ0n) is 18.4. The topological polar surface area (TPSA) is 124 Å². The molecule has 0 aliphatic heterocycles. The number of aromatic nitrogens is 4. The summed E-state index contributed by atoms with van der Waals surface area (Å²) in [6, 6.07) is 3.78. The molecule has 3 N–H and O–H groups in total. The smallest absolute Gasteiger partial charge is 0.271 e. The van der Waals surface area contributed by atoms with Crippen LogP contribution < -0.4 is 15.8 Å². The van der Waals surface area contributed by atoms with Gasteiger partial charge in [-0.3, -0.25) is 14.0 Å². The highest BCUT2D eigenvalue weighted by atomic mass is 16.5. The van der Waals surface area contributed by atoms with E-state index in [2.05, 4.69) is 20.3 Å². The fourth-order valence-electron chi connectivity index (χ4n) is 4.21. The zero-order valence-corrected chi connectivity index (χ0v) is 18.4. The minimum atomic E-state index is -0.613. The third-order valence-electron chi connectivity index (χ3n) is 5.99. The van der Waals surface area contributed by atoms with Crippen molar-refractivity contribution < 1.29 is 14.3 Å². The van der Waals surface area contributed by atoms with Gasteiger partial charge >= 0.3 is 0 Å². The highest BCUT2D eigenvalue weighted by molar-refractivity contribution is 5.96. The summed E-state index contributed by atoms with van der Waals surface area (Å²) in [4.78, 5) is 37.0. The van der Waals surface area contributed by atoms with Crippen molar-refractivity contribution in [3.63, 3.8) is 0 Å². The molecule has 0 radical (unpaired) electrons. The molecule has 4 rings (SSSR count). The van der Waals surface area contributed by atoms with Gasteiger partial charge in [0.25, 0.3) is 5.91 Å². The van der Waals surface area contributed by atoms with Gasteiger partial charge in [-0.15, -0.1) is 0 Å². The van der Waals surface area contributed by atoms with Crippen molar-refractivity contribution in [2.24, 2.45) is 5.73 Å². The van der Waals surface area contributed by atoms with Gasteiger partial charge in [-0.1, -0.05) is 6.07 Å². The van der Waals surface area contributed by atoms with Crippen molar-refractivity contribution in [3.05, 3.63) is 52.9 Å². The molecule has 0 spiro atoms. The SMILES string of the molecule is Cc1nc2c(C(N)=O)ncn2c(C)c1CCC(=O)NCc1cccnc1OC1CCCC1. The predicted octanol–water partition coefficient (Wildman–Crippen LogP) is 2.41. The summed E-state index contributed by atoms with van der Waals surface area (Å²) in [6.07, 6.45) is 8.78. The van der Waals surface area contributed by atoms with Gasteiger partial charge in [0.2, 0.25) is 11.8 Å². The Kier molecular flexibility index (Phi) is 6.34. The maximum absolute atomic E-state index is 12.6. The van der Waals surface area contributed by atoms with Gasteiger partial charge in [0.05, 0.1) is 0 Å². The summed E-state index contributed by atoms with van der Waals surface area (Å²) in [5, 5.41) is 2.97. The Bertz CT molecular complexity index is 1150. The van der Waals surface area contributed by atoms with Gasteiger partial charge in [-0.25, -0.2) is 15.0 Å². The minimum absolute atomic E-state index is 0.0666. The molecule has 0 unspecified atom stereocenters. The lowest BCUT2D eigenvalue weighted by Gasteiger charge is -2.15. The van der Waals surface area contributed by atoms with Crippen LogP contribution in [0.1, 0.15) is 65.1 Å². The second-order valence-electron chi connectivity index (χ2n) is 8.18. The highest BCUT2D eigenvalue weighted by Crippen LogP contribution is 2.25. The Morgan fingerprint density at radius 3 is 2.78 bits per heavy atom. The number of imidazole rings is 1. The molecular formula is C23H28N6O3. The average molecular weight is 437 g/mol. The Hall–Kier alpha value is -3.49. The highest BCUT2D eigenvalue weighted by Gasteiger charge is 2.19. The molecule has 1 aliphatic rings. The fourth-order valence-corrected chi connectivity index (χ4v) is 4.21. The molecule has 1 aliphatic carbocycles. The number of nitrogens with zero attached hydrogens (tertiary/aromatic N) is 4. The largest absolute Gasteiger partial charge is 0.474 e. The quantitative estimate of drug-likeness (QED) is 0.559. The van der Waals surface area contributed by atoms with E-state index in [-0.39, 0.29) is 17.7 Å². The van der Waals surface area contributed by atoms with Crippen LogP contribution in [0.4, 0.5) is 0 Å². The lowest BCUT2D eigenvalue weighted by Crippen LogP contribution is -2.24. The van der Waals surface area contributed by atoms with Crippen LogP contribution in [-0.2, 0) is 17.8 Å². The van der Waals surface area contributed by atoms with Crippen molar-refractivity contribution in [1.82, 2.24) is 24.7 Å². The summed E-state index contributed by atoms with van der Waals surface area (Å²) in [6.45, 7) is 4.15. The predicted molar refractivity (Wildman–Crippen MR) is 118 cm³/mol. The molecule has 2 amide bonds. The van der Waals surface area contributed by atoms with Crippen LogP contribution in [0, 0.1) is 13.8 Å². The Labute approximate surface area is 186 Å². The lowest BCUT2D eigenvalue weighted by molar-refractivity contribution is -0.121. The Balaban J connectivity index is 1.39. The number of amides is 2. The second-order valence-corrected chi connectivity index (χ2v) is 8.18. The van der Waals surface area contributed by atoms with Crippen molar-refractivity contribution >= 4 is 17.5 Å². The van der Waals surface area contributed by atoms with Gasteiger partial charge in [-0.05, 0) is 57.6 Å². The van der Waals surface area contributed by atoms with Gasteiger partial charge in [0, 0.05) is 36.1 Å². The van der Waals surface area contributed by atoms with Gasteiger partial charge in [0.15, 0.2) is 11.3 Å².